The first-order valence-corrected chi connectivity index (χ1v) is 9.38. The highest BCUT2D eigenvalue weighted by Crippen LogP contribution is 2.25. The molecule has 9 nitrogen and oxygen atoms in total. The summed E-state index contributed by atoms with van der Waals surface area (Å²) in [6, 6.07) is 21.9. The summed E-state index contributed by atoms with van der Waals surface area (Å²) in [4.78, 5) is 28.0. The van der Waals surface area contributed by atoms with Crippen molar-refractivity contribution in [2.45, 2.75) is 0 Å². The second kappa shape index (κ2) is 8.37. The maximum Gasteiger partial charge on any atom is 0.255 e. The number of H-pyrrole nitrogens is 1. The number of aromatic nitrogens is 2. The number of benzene rings is 3. The Morgan fingerprint density at radius 3 is 2.39 bits per heavy atom. The number of guanidine groups is 2. The van der Waals surface area contributed by atoms with Crippen LogP contribution in [0.25, 0.3) is 22.4 Å². The lowest BCUT2D eigenvalue weighted by atomic mass is 10.1. The average Bonchev–Trinajstić information content (AvgIpc) is 3.17. The van der Waals surface area contributed by atoms with Gasteiger partial charge in [0.15, 0.2) is 5.96 Å². The second-order valence-electron chi connectivity index (χ2n) is 6.69. The van der Waals surface area contributed by atoms with E-state index in [9.17, 15) is 4.79 Å². The Morgan fingerprint density at radius 2 is 1.68 bits per heavy atom. The molecule has 4 aromatic rings. The molecule has 0 spiro atoms. The van der Waals surface area contributed by atoms with E-state index < -0.39 is 0 Å². The monoisotopic (exact) mass is 412 g/mol. The molecule has 0 unspecified atom stereocenters. The highest BCUT2D eigenvalue weighted by Gasteiger charge is 2.08. The van der Waals surface area contributed by atoms with Crippen molar-refractivity contribution in [2.75, 3.05) is 5.32 Å². The molecule has 0 atom stereocenters. The van der Waals surface area contributed by atoms with Gasteiger partial charge in [-0.25, -0.2) is 9.98 Å². The first-order chi connectivity index (χ1) is 15.0. The predicted octanol–water partition coefficient (Wildman–Crippen LogP) is 2.70. The molecular formula is C22H20N8O. The number of fused-ring (bicyclic) bond motifs is 1. The number of hydrogen-bond acceptors (Lipinski definition) is 3. The normalized spacial score (nSPS) is 11.3. The Bertz CT molecular complexity index is 1290. The lowest BCUT2D eigenvalue weighted by Crippen LogP contribution is -2.26. The van der Waals surface area contributed by atoms with E-state index in [1.165, 1.54) is 0 Å². The van der Waals surface area contributed by atoms with Gasteiger partial charge in [0.2, 0.25) is 5.96 Å². The van der Waals surface area contributed by atoms with Gasteiger partial charge in [0.1, 0.15) is 5.82 Å². The van der Waals surface area contributed by atoms with Crippen LogP contribution in [-0.4, -0.2) is 27.8 Å². The standard InChI is InChI=1S/C22H20N8O/c23-21(24)30-22(25)27-16-10-11-17-18(12-16)29-19(28-17)13-6-8-15(9-7-13)26-20(31)14-4-2-1-3-5-14/h1-12H,(H,26,31)(H,28,29)(H6,23,24,25,27,30). The van der Waals surface area contributed by atoms with E-state index >= 15 is 0 Å². The van der Waals surface area contributed by atoms with Crippen molar-refractivity contribution in [3.63, 3.8) is 0 Å². The zero-order valence-electron chi connectivity index (χ0n) is 16.4. The van der Waals surface area contributed by atoms with Crippen molar-refractivity contribution in [2.24, 2.45) is 27.2 Å². The Labute approximate surface area is 177 Å². The summed E-state index contributed by atoms with van der Waals surface area (Å²) in [6.07, 6.45) is 0. The van der Waals surface area contributed by atoms with Crippen LogP contribution in [0.4, 0.5) is 11.4 Å². The van der Waals surface area contributed by atoms with Crippen molar-refractivity contribution >= 4 is 40.2 Å². The summed E-state index contributed by atoms with van der Waals surface area (Å²) in [5, 5.41) is 2.88. The quantitative estimate of drug-likeness (QED) is 0.257. The van der Waals surface area contributed by atoms with Gasteiger partial charge in [-0.1, -0.05) is 18.2 Å². The molecule has 1 heterocycles. The van der Waals surface area contributed by atoms with Gasteiger partial charge < -0.3 is 27.5 Å². The Hall–Kier alpha value is -4.66. The maximum atomic E-state index is 12.3. The number of aromatic amines is 1. The fourth-order valence-corrected chi connectivity index (χ4v) is 3.00. The Morgan fingerprint density at radius 1 is 0.935 bits per heavy atom. The minimum absolute atomic E-state index is 0.0350. The lowest BCUT2D eigenvalue weighted by Gasteiger charge is -2.05. The van der Waals surface area contributed by atoms with Crippen LogP contribution in [0.2, 0.25) is 0 Å². The number of rotatable bonds is 4. The van der Waals surface area contributed by atoms with Crippen LogP contribution in [0.3, 0.4) is 0 Å². The predicted molar refractivity (Wildman–Crippen MR) is 123 cm³/mol. The molecule has 31 heavy (non-hydrogen) atoms. The number of hydrogen-bond donors (Lipinski definition) is 5. The van der Waals surface area contributed by atoms with Crippen molar-refractivity contribution < 1.29 is 4.79 Å². The van der Waals surface area contributed by atoms with Gasteiger partial charge >= 0.3 is 0 Å². The average molecular weight is 412 g/mol. The van der Waals surface area contributed by atoms with Gasteiger partial charge in [0.05, 0.1) is 16.7 Å². The third-order valence-corrected chi connectivity index (χ3v) is 4.40. The number of nitrogens with zero attached hydrogens (tertiary/aromatic N) is 3. The first-order valence-electron chi connectivity index (χ1n) is 9.38. The van der Waals surface area contributed by atoms with E-state index in [4.69, 9.17) is 17.2 Å². The molecule has 0 aliphatic heterocycles. The summed E-state index contributed by atoms with van der Waals surface area (Å²) >= 11 is 0. The van der Waals surface area contributed by atoms with E-state index in [0.717, 1.165) is 16.6 Å². The van der Waals surface area contributed by atoms with E-state index in [1.54, 1.807) is 24.3 Å². The van der Waals surface area contributed by atoms with Crippen LogP contribution in [-0.2, 0) is 0 Å². The lowest BCUT2D eigenvalue weighted by molar-refractivity contribution is 0.102. The van der Waals surface area contributed by atoms with Crippen LogP contribution < -0.4 is 22.5 Å². The SMILES string of the molecule is NC(N)=NC(N)=Nc1ccc2nc(-c3ccc(NC(=O)c4ccccc4)cc3)[nH]c2c1. The molecule has 9 heteroatoms. The maximum absolute atomic E-state index is 12.3. The molecule has 1 aromatic heterocycles. The zero-order chi connectivity index (χ0) is 21.8. The van der Waals surface area contributed by atoms with Gasteiger partial charge in [-0.15, -0.1) is 0 Å². The summed E-state index contributed by atoms with van der Waals surface area (Å²) < 4.78 is 0. The minimum Gasteiger partial charge on any atom is -0.370 e. The number of anilines is 1. The smallest absolute Gasteiger partial charge is 0.255 e. The van der Waals surface area contributed by atoms with E-state index in [2.05, 4.69) is 25.3 Å². The number of amides is 1. The summed E-state index contributed by atoms with van der Waals surface area (Å²) in [5.41, 5.74) is 20.6. The number of imidazole rings is 1. The molecule has 0 aliphatic carbocycles. The van der Waals surface area contributed by atoms with Gasteiger partial charge in [0.25, 0.3) is 5.91 Å². The largest absolute Gasteiger partial charge is 0.370 e. The topological polar surface area (TPSA) is 161 Å². The summed E-state index contributed by atoms with van der Waals surface area (Å²) in [7, 11) is 0. The second-order valence-corrected chi connectivity index (χ2v) is 6.69. The molecule has 0 saturated carbocycles. The van der Waals surface area contributed by atoms with Crippen LogP contribution in [0.1, 0.15) is 10.4 Å². The zero-order valence-corrected chi connectivity index (χ0v) is 16.4. The third kappa shape index (κ3) is 4.67. The molecule has 154 valence electrons. The van der Waals surface area contributed by atoms with E-state index in [0.29, 0.717) is 22.8 Å². The van der Waals surface area contributed by atoms with Gasteiger partial charge in [0, 0.05) is 16.8 Å². The van der Waals surface area contributed by atoms with Gasteiger partial charge in [-0.3, -0.25) is 4.79 Å². The van der Waals surface area contributed by atoms with Gasteiger partial charge in [-0.2, -0.15) is 4.99 Å². The molecular weight excluding hydrogens is 392 g/mol. The summed E-state index contributed by atoms with van der Waals surface area (Å²) in [6.45, 7) is 0. The minimum atomic E-state index is -0.162. The molecule has 0 aliphatic rings. The van der Waals surface area contributed by atoms with E-state index in [-0.39, 0.29) is 17.8 Å². The molecule has 0 bridgehead atoms. The Balaban J connectivity index is 1.53. The summed E-state index contributed by atoms with van der Waals surface area (Å²) in [5.74, 6) is 0.334. The molecule has 1 amide bonds. The molecule has 0 saturated heterocycles. The fourth-order valence-electron chi connectivity index (χ4n) is 3.00. The number of aliphatic imine (C=N–C) groups is 2. The first kappa shape index (κ1) is 19.6. The van der Waals surface area contributed by atoms with Crippen molar-refractivity contribution in [3.05, 3.63) is 78.4 Å². The van der Waals surface area contributed by atoms with Crippen LogP contribution in [0.5, 0.6) is 0 Å². The van der Waals surface area contributed by atoms with Crippen molar-refractivity contribution in [1.82, 2.24) is 9.97 Å². The van der Waals surface area contributed by atoms with Crippen LogP contribution in [0, 0.1) is 0 Å². The fraction of sp³-hybridized carbons (Fsp3) is 0. The Kier molecular flexibility index (Phi) is 5.31. The highest BCUT2D eigenvalue weighted by atomic mass is 16.1. The van der Waals surface area contributed by atoms with Crippen molar-refractivity contribution in [3.8, 4) is 11.4 Å². The molecule has 3 aromatic carbocycles. The van der Waals surface area contributed by atoms with Crippen molar-refractivity contribution in [1.29, 1.82) is 0 Å². The van der Waals surface area contributed by atoms with Gasteiger partial charge in [-0.05, 0) is 54.6 Å². The van der Waals surface area contributed by atoms with E-state index in [1.807, 2.05) is 48.5 Å². The number of carbonyl (C=O) groups excluding carboxylic acids is 1. The number of nitrogens with two attached hydrogens (primary N) is 3. The molecule has 0 fully saturated rings. The molecule has 0 radical (unpaired) electrons. The number of nitrogens with one attached hydrogen (secondary N) is 2. The van der Waals surface area contributed by atoms with Crippen LogP contribution in [0.15, 0.2) is 82.8 Å². The highest BCUT2D eigenvalue weighted by molar-refractivity contribution is 6.04. The molecule has 4 rings (SSSR count). The number of carbonyl (C=O) groups is 1. The molecule has 8 N–H and O–H groups in total. The third-order valence-electron chi connectivity index (χ3n) is 4.40. The van der Waals surface area contributed by atoms with Crippen LogP contribution >= 0.6 is 0 Å².